The molecule has 1 N–H and O–H groups in total. The first kappa shape index (κ1) is 13.4. The average molecular weight is 263 g/mol. The highest BCUT2D eigenvalue weighted by atomic mass is 19.1. The van der Waals surface area contributed by atoms with Crippen LogP contribution in [0.4, 0.5) is 8.78 Å². The third-order valence-electron chi connectivity index (χ3n) is 2.57. The van der Waals surface area contributed by atoms with Crippen LogP contribution in [0.25, 0.3) is 11.1 Å². The zero-order chi connectivity index (χ0) is 13.8. The molecule has 1 radical (unpaired) electrons. The molecule has 19 heavy (non-hydrogen) atoms. The van der Waals surface area contributed by atoms with Crippen molar-refractivity contribution in [1.29, 1.82) is 0 Å². The second kappa shape index (κ2) is 5.71. The molecule has 0 fully saturated rings. The highest BCUT2D eigenvalue weighted by Gasteiger charge is 2.13. The average Bonchev–Trinajstić information content (AvgIpc) is 2.39. The van der Waals surface area contributed by atoms with E-state index in [9.17, 15) is 8.78 Å². The molecule has 0 amide bonds. The zero-order valence-corrected chi connectivity index (χ0v) is 10.1. The smallest absolute Gasteiger partial charge is 0.535 e. The normalized spacial score (nSPS) is 10.1. The van der Waals surface area contributed by atoms with Gasteiger partial charge in [-0.25, -0.2) is 8.78 Å². The molecule has 0 aromatic heterocycles. The number of hydrogen-bond donors (Lipinski definition) is 1. The van der Waals surface area contributed by atoms with Gasteiger partial charge in [0.05, 0.1) is 7.11 Å². The van der Waals surface area contributed by atoms with Gasteiger partial charge in [-0.05, 0) is 23.8 Å². The number of ether oxygens (including phenoxy) is 1. The fourth-order valence-electron chi connectivity index (χ4n) is 1.72. The molecule has 0 aliphatic carbocycles. The van der Waals surface area contributed by atoms with Crippen LogP contribution in [0.5, 0.6) is 11.5 Å². The molecular formula is C13H10BF2O3. The number of benzene rings is 2. The SMILES string of the molecule is COc1cc(-c2cccc(F)c2)c(F)cc1O[B]O. The van der Waals surface area contributed by atoms with E-state index in [-0.39, 0.29) is 17.1 Å². The van der Waals surface area contributed by atoms with Crippen LogP contribution >= 0.6 is 0 Å². The molecule has 97 valence electrons. The number of methoxy groups -OCH3 is 1. The predicted molar refractivity (Wildman–Crippen MR) is 66.9 cm³/mol. The molecule has 2 aromatic carbocycles. The molecule has 0 aliphatic heterocycles. The van der Waals surface area contributed by atoms with E-state index in [4.69, 9.17) is 14.4 Å². The molecule has 0 saturated heterocycles. The summed E-state index contributed by atoms with van der Waals surface area (Å²) in [5, 5.41) is 8.58. The van der Waals surface area contributed by atoms with E-state index in [0.29, 0.717) is 13.2 Å². The van der Waals surface area contributed by atoms with Crippen LogP contribution < -0.4 is 9.39 Å². The van der Waals surface area contributed by atoms with Gasteiger partial charge in [-0.3, -0.25) is 0 Å². The van der Waals surface area contributed by atoms with Crippen molar-refractivity contribution in [3.8, 4) is 22.6 Å². The van der Waals surface area contributed by atoms with Crippen LogP contribution in [-0.2, 0) is 0 Å². The Kier molecular flexibility index (Phi) is 4.01. The monoisotopic (exact) mass is 263 g/mol. The van der Waals surface area contributed by atoms with Gasteiger partial charge in [0.2, 0.25) is 0 Å². The molecule has 0 saturated carbocycles. The van der Waals surface area contributed by atoms with Gasteiger partial charge in [0, 0.05) is 11.6 Å². The second-order valence-electron chi connectivity index (χ2n) is 3.72. The van der Waals surface area contributed by atoms with E-state index in [1.165, 1.54) is 31.4 Å². The highest BCUT2D eigenvalue weighted by molar-refractivity contribution is 6.17. The minimum absolute atomic E-state index is 0.0302. The lowest BCUT2D eigenvalue weighted by molar-refractivity contribution is 0.380. The molecule has 0 spiro atoms. The van der Waals surface area contributed by atoms with E-state index in [1.54, 1.807) is 6.07 Å². The van der Waals surface area contributed by atoms with E-state index < -0.39 is 11.6 Å². The Morgan fingerprint density at radius 3 is 2.53 bits per heavy atom. The fourth-order valence-corrected chi connectivity index (χ4v) is 1.72. The topological polar surface area (TPSA) is 38.7 Å². The van der Waals surface area contributed by atoms with Crippen molar-refractivity contribution in [3.63, 3.8) is 0 Å². The standard InChI is InChI=1S/C13H10BF2O3/c1-18-12-6-10(8-3-2-4-9(15)5-8)11(16)7-13(12)19-14-17/h2-7,17H,1H3. The molecule has 2 rings (SSSR count). The second-order valence-corrected chi connectivity index (χ2v) is 3.72. The van der Waals surface area contributed by atoms with Crippen LogP contribution in [-0.4, -0.2) is 19.8 Å². The summed E-state index contributed by atoms with van der Waals surface area (Å²) in [6.45, 7) is 0. The minimum Gasteiger partial charge on any atom is -0.535 e. The van der Waals surface area contributed by atoms with Crippen molar-refractivity contribution in [2.24, 2.45) is 0 Å². The molecule has 3 nitrogen and oxygen atoms in total. The van der Waals surface area contributed by atoms with Crippen molar-refractivity contribution >= 4 is 7.69 Å². The Balaban J connectivity index is 2.52. The summed E-state index contributed by atoms with van der Waals surface area (Å²) >= 11 is 0. The van der Waals surface area contributed by atoms with E-state index in [2.05, 4.69) is 0 Å². The lowest BCUT2D eigenvalue weighted by atomic mass is 10.0. The van der Waals surface area contributed by atoms with Gasteiger partial charge in [0.15, 0.2) is 5.75 Å². The van der Waals surface area contributed by atoms with E-state index in [0.717, 1.165) is 6.07 Å². The molecule has 0 aliphatic rings. The van der Waals surface area contributed by atoms with Crippen molar-refractivity contribution in [3.05, 3.63) is 48.0 Å². The van der Waals surface area contributed by atoms with Crippen molar-refractivity contribution in [2.75, 3.05) is 7.11 Å². The first-order valence-electron chi connectivity index (χ1n) is 5.41. The number of halogens is 2. The van der Waals surface area contributed by atoms with Crippen molar-refractivity contribution < 1.29 is 23.2 Å². The number of rotatable bonds is 4. The first-order valence-corrected chi connectivity index (χ1v) is 5.41. The van der Waals surface area contributed by atoms with Gasteiger partial charge >= 0.3 is 7.69 Å². The highest BCUT2D eigenvalue weighted by Crippen LogP contribution is 2.35. The van der Waals surface area contributed by atoms with Gasteiger partial charge in [-0.15, -0.1) is 0 Å². The Morgan fingerprint density at radius 2 is 1.89 bits per heavy atom. The predicted octanol–water partition coefficient (Wildman–Crippen LogP) is 2.55. The van der Waals surface area contributed by atoms with Gasteiger partial charge in [-0.2, -0.15) is 0 Å². The van der Waals surface area contributed by atoms with E-state index >= 15 is 0 Å². The lowest BCUT2D eigenvalue weighted by Gasteiger charge is -2.12. The Morgan fingerprint density at radius 1 is 1.11 bits per heavy atom. The van der Waals surface area contributed by atoms with Crippen molar-refractivity contribution in [1.82, 2.24) is 0 Å². The molecule has 6 heteroatoms. The summed E-state index contributed by atoms with van der Waals surface area (Å²) in [6.07, 6.45) is 0. The largest absolute Gasteiger partial charge is 0.569 e. The first-order chi connectivity index (χ1) is 9.15. The summed E-state index contributed by atoms with van der Waals surface area (Å²) in [7, 11) is 1.81. The van der Waals surface area contributed by atoms with Crippen LogP contribution in [0.3, 0.4) is 0 Å². The van der Waals surface area contributed by atoms with Crippen LogP contribution in [0.15, 0.2) is 36.4 Å². The molecule has 2 aromatic rings. The number of hydrogen-bond acceptors (Lipinski definition) is 3. The van der Waals surface area contributed by atoms with Crippen molar-refractivity contribution in [2.45, 2.75) is 0 Å². The zero-order valence-electron chi connectivity index (χ0n) is 10.1. The fraction of sp³-hybridized carbons (Fsp3) is 0.0769. The quantitative estimate of drug-likeness (QED) is 0.861. The summed E-state index contributed by atoms with van der Waals surface area (Å²) in [5.41, 5.74) is 0.567. The Hall–Kier alpha value is -2.08. The summed E-state index contributed by atoms with van der Waals surface area (Å²) in [4.78, 5) is 0. The van der Waals surface area contributed by atoms with Gasteiger partial charge in [-0.1, -0.05) is 12.1 Å². The van der Waals surface area contributed by atoms with Gasteiger partial charge in [0.1, 0.15) is 17.4 Å². The van der Waals surface area contributed by atoms with Crippen LogP contribution in [0.1, 0.15) is 0 Å². The molecule has 0 atom stereocenters. The third kappa shape index (κ3) is 2.85. The van der Waals surface area contributed by atoms with Crippen LogP contribution in [0, 0.1) is 11.6 Å². The molecule has 0 heterocycles. The maximum Gasteiger partial charge on any atom is 0.569 e. The maximum absolute atomic E-state index is 14.0. The van der Waals surface area contributed by atoms with E-state index in [1.807, 2.05) is 0 Å². The third-order valence-corrected chi connectivity index (χ3v) is 2.57. The maximum atomic E-state index is 14.0. The van der Waals surface area contributed by atoms with Gasteiger partial charge < -0.3 is 14.4 Å². The Labute approximate surface area is 109 Å². The summed E-state index contributed by atoms with van der Waals surface area (Å²) in [6, 6.07) is 8.00. The lowest BCUT2D eigenvalue weighted by Crippen LogP contribution is -2.02. The summed E-state index contributed by atoms with van der Waals surface area (Å²) in [5.74, 6) is -0.809. The molecular weight excluding hydrogens is 253 g/mol. The molecule has 0 unspecified atom stereocenters. The summed E-state index contributed by atoms with van der Waals surface area (Å²) < 4.78 is 36.8. The van der Waals surface area contributed by atoms with Gasteiger partial charge in [0.25, 0.3) is 0 Å². The molecule has 0 bridgehead atoms. The minimum atomic E-state index is -0.608. The van der Waals surface area contributed by atoms with Crippen LogP contribution in [0.2, 0.25) is 0 Å². The Bertz CT molecular complexity index is 590.